The Morgan fingerprint density at radius 2 is 1.72 bits per heavy atom. The Hall–Kier alpha value is -4.99. The average molecular weight is 477 g/mol. The van der Waals surface area contributed by atoms with Crippen LogP contribution >= 0.6 is 0 Å². The molecule has 0 saturated heterocycles. The van der Waals surface area contributed by atoms with Gasteiger partial charge in [-0.25, -0.2) is 9.97 Å². The predicted molar refractivity (Wildman–Crippen MR) is 136 cm³/mol. The summed E-state index contributed by atoms with van der Waals surface area (Å²) in [4.78, 5) is 24.2. The molecule has 0 saturated carbocycles. The first-order chi connectivity index (χ1) is 17.6. The number of benzene rings is 1. The number of fused-ring (bicyclic) bond motifs is 3. The predicted octanol–water partition coefficient (Wildman–Crippen LogP) is 4.42. The Labute approximate surface area is 205 Å². The highest BCUT2D eigenvalue weighted by Crippen LogP contribution is 2.37. The summed E-state index contributed by atoms with van der Waals surface area (Å²) in [6.07, 6.45) is 5.39. The van der Waals surface area contributed by atoms with Crippen molar-refractivity contribution in [2.75, 3.05) is 25.8 Å². The molecule has 0 aliphatic carbocycles. The molecule has 5 aromatic heterocycles. The van der Waals surface area contributed by atoms with E-state index < -0.39 is 0 Å². The van der Waals surface area contributed by atoms with Crippen molar-refractivity contribution in [3.05, 3.63) is 61.1 Å². The molecule has 0 atom stereocenters. The summed E-state index contributed by atoms with van der Waals surface area (Å²) in [6, 6.07) is 13.7. The highest BCUT2D eigenvalue weighted by Gasteiger charge is 2.19. The maximum Gasteiger partial charge on any atom is 0.231 e. The lowest BCUT2D eigenvalue weighted by Crippen LogP contribution is -2.08. The van der Waals surface area contributed by atoms with Crippen LogP contribution in [0, 0.1) is 0 Å². The van der Waals surface area contributed by atoms with Gasteiger partial charge in [0.2, 0.25) is 6.79 Å². The zero-order chi connectivity index (χ0) is 24.2. The van der Waals surface area contributed by atoms with Gasteiger partial charge in [0.1, 0.15) is 11.0 Å². The van der Waals surface area contributed by atoms with Gasteiger partial charge < -0.3 is 19.4 Å². The van der Waals surface area contributed by atoms with Crippen molar-refractivity contribution in [2.24, 2.45) is 0 Å². The van der Waals surface area contributed by atoms with Crippen LogP contribution in [0.3, 0.4) is 0 Å². The second kappa shape index (κ2) is 7.77. The molecule has 176 valence electrons. The van der Waals surface area contributed by atoms with E-state index in [-0.39, 0.29) is 6.79 Å². The second-order valence-electron chi connectivity index (χ2n) is 8.70. The van der Waals surface area contributed by atoms with E-state index in [1.807, 2.05) is 67.8 Å². The summed E-state index contributed by atoms with van der Waals surface area (Å²) >= 11 is 0. The van der Waals surface area contributed by atoms with Gasteiger partial charge in [0, 0.05) is 37.6 Å². The average Bonchev–Trinajstić information content (AvgIpc) is 3.65. The van der Waals surface area contributed by atoms with Gasteiger partial charge in [-0.1, -0.05) is 0 Å². The standard InChI is InChI=1S/C26H20N8O2/c1-34(2)16-9-15(11-27-12-16)17-4-5-19-24(29-17)25(33-32-19)26-30-18-7-8-28-22(23(18)31-26)14-3-6-20-21(10-14)36-13-35-20/h3-12H,13H2,1-2H3,(H,30,31)(H,32,33). The first kappa shape index (κ1) is 20.4. The highest BCUT2D eigenvalue weighted by atomic mass is 16.7. The van der Waals surface area contributed by atoms with Crippen molar-refractivity contribution >= 4 is 27.8 Å². The number of pyridine rings is 3. The Kier molecular flexibility index (Phi) is 4.40. The van der Waals surface area contributed by atoms with E-state index in [2.05, 4.69) is 31.2 Å². The van der Waals surface area contributed by atoms with Gasteiger partial charge in [0.15, 0.2) is 23.0 Å². The summed E-state index contributed by atoms with van der Waals surface area (Å²) in [5, 5.41) is 7.60. The fourth-order valence-electron chi connectivity index (χ4n) is 4.34. The first-order valence-electron chi connectivity index (χ1n) is 11.4. The Morgan fingerprint density at radius 3 is 2.64 bits per heavy atom. The number of ether oxygens (including phenoxy) is 2. The minimum absolute atomic E-state index is 0.222. The Morgan fingerprint density at radius 1 is 0.833 bits per heavy atom. The molecule has 1 aliphatic rings. The van der Waals surface area contributed by atoms with Crippen molar-refractivity contribution in [1.82, 2.24) is 35.1 Å². The summed E-state index contributed by atoms with van der Waals surface area (Å²) in [7, 11) is 3.97. The van der Waals surface area contributed by atoms with Crippen LogP contribution in [0.2, 0.25) is 0 Å². The number of rotatable bonds is 4. The van der Waals surface area contributed by atoms with Crippen molar-refractivity contribution < 1.29 is 9.47 Å². The molecule has 0 radical (unpaired) electrons. The lowest BCUT2D eigenvalue weighted by Gasteiger charge is -2.12. The van der Waals surface area contributed by atoms with E-state index in [1.165, 1.54) is 0 Å². The van der Waals surface area contributed by atoms with Gasteiger partial charge in [0.25, 0.3) is 0 Å². The molecule has 0 spiro atoms. The van der Waals surface area contributed by atoms with Crippen LogP contribution in [-0.4, -0.2) is 56.0 Å². The molecule has 0 bridgehead atoms. The van der Waals surface area contributed by atoms with Crippen LogP contribution < -0.4 is 14.4 Å². The fraction of sp³-hybridized carbons (Fsp3) is 0.115. The minimum atomic E-state index is 0.222. The monoisotopic (exact) mass is 476 g/mol. The number of nitrogens with zero attached hydrogens (tertiary/aromatic N) is 6. The second-order valence-corrected chi connectivity index (χ2v) is 8.70. The largest absolute Gasteiger partial charge is 0.454 e. The summed E-state index contributed by atoms with van der Waals surface area (Å²) < 4.78 is 11.0. The van der Waals surface area contributed by atoms with Gasteiger partial charge in [0.05, 0.1) is 34.3 Å². The maximum atomic E-state index is 5.55. The summed E-state index contributed by atoms with van der Waals surface area (Å²) in [6.45, 7) is 0.222. The quantitative estimate of drug-likeness (QED) is 0.384. The van der Waals surface area contributed by atoms with Crippen LogP contribution in [0.4, 0.5) is 5.69 Å². The number of nitrogens with one attached hydrogen (secondary N) is 2. The van der Waals surface area contributed by atoms with Crippen LogP contribution in [-0.2, 0) is 0 Å². The van der Waals surface area contributed by atoms with Crippen LogP contribution in [0.25, 0.3) is 56.1 Å². The van der Waals surface area contributed by atoms with E-state index in [0.29, 0.717) is 17.3 Å². The van der Waals surface area contributed by atoms with E-state index in [4.69, 9.17) is 19.4 Å². The van der Waals surface area contributed by atoms with Crippen LogP contribution in [0.5, 0.6) is 11.5 Å². The van der Waals surface area contributed by atoms with Crippen molar-refractivity contribution in [3.63, 3.8) is 0 Å². The third-order valence-electron chi connectivity index (χ3n) is 6.21. The van der Waals surface area contributed by atoms with Gasteiger partial charge >= 0.3 is 0 Å². The fourth-order valence-corrected chi connectivity index (χ4v) is 4.34. The summed E-state index contributed by atoms with van der Waals surface area (Å²) in [5.74, 6) is 2.03. The van der Waals surface area contributed by atoms with Crippen molar-refractivity contribution in [2.45, 2.75) is 0 Å². The maximum absolute atomic E-state index is 5.55. The Balaban J connectivity index is 1.34. The number of hydrogen-bond acceptors (Lipinski definition) is 8. The zero-order valence-corrected chi connectivity index (χ0v) is 19.5. The molecular formula is C26H20N8O2. The Bertz CT molecular complexity index is 1770. The number of imidazole rings is 1. The highest BCUT2D eigenvalue weighted by molar-refractivity contribution is 5.95. The number of aromatic amines is 2. The molecular weight excluding hydrogens is 456 g/mol. The van der Waals surface area contributed by atoms with E-state index in [1.54, 1.807) is 6.20 Å². The van der Waals surface area contributed by atoms with E-state index in [9.17, 15) is 0 Å². The first-order valence-corrected chi connectivity index (χ1v) is 11.4. The molecule has 0 amide bonds. The lowest BCUT2D eigenvalue weighted by atomic mass is 10.1. The smallest absolute Gasteiger partial charge is 0.231 e. The van der Waals surface area contributed by atoms with E-state index in [0.717, 1.165) is 56.0 Å². The number of H-pyrrole nitrogens is 2. The van der Waals surface area contributed by atoms with Gasteiger partial charge in [-0.2, -0.15) is 5.10 Å². The third kappa shape index (κ3) is 3.22. The van der Waals surface area contributed by atoms with Gasteiger partial charge in [-0.3, -0.25) is 15.1 Å². The number of hydrogen-bond donors (Lipinski definition) is 2. The van der Waals surface area contributed by atoms with Gasteiger partial charge in [-0.05, 0) is 42.5 Å². The summed E-state index contributed by atoms with van der Waals surface area (Å²) in [5.41, 5.74) is 8.13. The molecule has 6 heterocycles. The molecule has 2 N–H and O–H groups in total. The van der Waals surface area contributed by atoms with Crippen LogP contribution in [0.1, 0.15) is 0 Å². The molecule has 6 aromatic rings. The van der Waals surface area contributed by atoms with E-state index >= 15 is 0 Å². The molecule has 10 nitrogen and oxygen atoms in total. The SMILES string of the molecule is CN(C)c1cncc(-c2ccc3[nH]nc(-c4nc5c(-c6ccc7c(c6)OCO7)nccc5[nH]4)c3n2)c1. The zero-order valence-electron chi connectivity index (χ0n) is 19.5. The molecule has 1 aliphatic heterocycles. The molecule has 1 aromatic carbocycles. The minimum Gasteiger partial charge on any atom is -0.454 e. The van der Waals surface area contributed by atoms with Crippen LogP contribution in [0.15, 0.2) is 61.1 Å². The van der Waals surface area contributed by atoms with Crippen molar-refractivity contribution in [3.8, 4) is 45.5 Å². The molecule has 10 heteroatoms. The number of anilines is 1. The topological polar surface area (TPSA) is 118 Å². The third-order valence-corrected chi connectivity index (χ3v) is 6.21. The molecule has 7 rings (SSSR count). The molecule has 0 fully saturated rings. The molecule has 0 unspecified atom stereocenters. The van der Waals surface area contributed by atoms with Gasteiger partial charge in [-0.15, -0.1) is 0 Å². The lowest BCUT2D eigenvalue weighted by molar-refractivity contribution is 0.174. The normalized spacial score (nSPS) is 12.5. The number of aromatic nitrogens is 7. The molecule has 36 heavy (non-hydrogen) atoms. The van der Waals surface area contributed by atoms with Crippen molar-refractivity contribution in [1.29, 1.82) is 0 Å².